The average molecular weight is 394 g/mol. The second kappa shape index (κ2) is 9.84. The Kier molecular flexibility index (Phi) is 6.97. The Bertz CT molecular complexity index is 904. The van der Waals surface area contributed by atoms with E-state index >= 15 is 0 Å². The Morgan fingerprint density at radius 2 is 1.97 bits per heavy atom. The molecular formula is C22H26N4O3. The van der Waals surface area contributed by atoms with E-state index in [9.17, 15) is 9.59 Å². The molecule has 1 heterocycles. The van der Waals surface area contributed by atoms with Gasteiger partial charge in [-0.05, 0) is 49.6 Å². The molecule has 2 aromatic rings. The summed E-state index contributed by atoms with van der Waals surface area (Å²) in [6, 6.07) is 14.6. The van der Waals surface area contributed by atoms with Crippen LogP contribution in [0.25, 0.3) is 0 Å². The quantitative estimate of drug-likeness (QED) is 0.536. The lowest BCUT2D eigenvalue weighted by atomic mass is 10.2. The van der Waals surface area contributed by atoms with Crippen LogP contribution in [-0.2, 0) is 9.53 Å². The summed E-state index contributed by atoms with van der Waals surface area (Å²) in [5, 5.41) is 8.74. The maximum Gasteiger partial charge on any atom is 0.258 e. The molecule has 0 aliphatic carbocycles. The van der Waals surface area contributed by atoms with E-state index in [-0.39, 0.29) is 17.9 Å². The molecule has 0 saturated carbocycles. The number of aryl methyl sites for hydroxylation is 1. The third-order valence-corrected chi connectivity index (χ3v) is 4.55. The molecule has 0 spiro atoms. The highest BCUT2D eigenvalue weighted by Crippen LogP contribution is 2.15. The number of nitrogens with zero attached hydrogens (tertiary/aromatic N) is 1. The van der Waals surface area contributed by atoms with Crippen LogP contribution in [-0.4, -0.2) is 37.0 Å². The van der Waals surface area contributed by atoms with Crippen molar-refractivity contribution < 1.29 is 14.3 Å². The molecule has 152 valence electrons. The molecule has 3 rings (SSSR count). The van der Waals surface area contributed by atoms with Crippen LogP contribution in [0.1, 0.15) is 35.7 Å². The molecular weight excluding hydrogens is 368 g/mol. The largest absolute Gasteiger partial charge is 0.376 e. The summed E-state index contributed by atoms with van der Waals surface area (Å²) in [6.07, 6.45) is 2.07. The molecule has 1 fully saturated rings. The van der Waals surface area contributed by atoms with Gasteiger partial charge in [0.2, 0.25) is 11.9 Å². The van der Waals surface area contributed by atoms with Crippen molar-refractivity contribution in [2.75, 3.05) is 23.8 Å². The van der Waals surface area contributed by atoms with Crippen LogP contribution in [0.3, 0.4) is 0 Å². The van der Waals surface area contributed by atoms with Gasteiger partial charge in [-0.3, -0.25) is 14.9 Å². The summed E-state index contributed by atoms with van der Waals surface area (Å²) in [4.78, 5) is 28.6. The average Bonchev–Trinajstić information content (AvgIpc) is 3.21. The molecule has 29 heavy (non-hydrogen) atoms. The molecule has 2 amide bonds. The molecule has 0 unspecified atom stereocenters. The number of carbonyl (C=O) groups is 2. The Labute approximate surface area is 170 Å². The molecule has 1 aliphatic heterocycles. The number of nitrogens with one attached hydrogen (secondary N) is 3. The smallest absolute Gasteiger partial charge is 0.258 e. The molecule has 7 nitrogen and oxygen atoms in total. The van der Waals surface area contributed by atoms with Crippen molar-refractivity contribution >= 4 is 29.1 Å². The van der Waals surface area contributed by atoms with Gasteiger partial charge in [-0.1, -0.05) is 24.3 Å². The monoisotopic (exact) mass is 394 g/mol. The summed E-state index contributed by atoms with van der Waals surface area (Å²) >= 11 is 0. The molecule has 0 aromatic heterocycles. The molecule has 7 heteroatoms. The predicted molar refractivity (Wildman–Crippen MR) is 114 cm³/mol. The van der Waals surface area contributed by atoms with Crippen LogP contribution in [0.15, 0.2) is 53.5 Å². The number of aliphatic imine (C=N–C) groups is 1. The van der Waals surface area contributed by atoms with Gasteiger partial charge in [-0.25, -0.2) is 4.99 Å². The molecule has 1 atom stereocenters. The number of hydrogen-bond acceptors (Lipinski definition) is 4. The fourth-order valence-electron chi connectivity index (χ4n) is 3.05. The Morgan fingerprint density at radius 1 is 1.14 bits per heavy atom. The number of rotatable bonds is 5. The third-order valence-electron chi connectivity index (χ3n) is 4.55. The van der Waals surface area contributed by atoms with Crippen molar-refractivity contribution in [3.63, 3.8) is 0 Å². The summed E-state index contributed by atoms with van der Waals surface area (Å²) in [6.45, 7) is 4.64. The molecule has 1 aliphatic rings. The number of carbonyl (C=O) groups excluding carboxylic acids is 2. The van der Waals surface area contributed by atoms with Crippen LogP contribution in [0.4, 0.5) is 11.4 Å². The van der Waals surface area contributed by atoms with Gasteiger partial charge in [0.05, 0.1) is 12.6 Å². The number of guanidine groups is 1. The van der Waals surface area contributed by atoms with E-state index in [1.54, 1.807) is 24.3 Å². The lowest BCUT2D eigenvalue weighted by Gasteiger charge is -2.15. The van der Waals surface area contributed by atoms with Gasteiger partial charge in [-0.15, -0.1) is 0 Å². The van der Waals surface area contributed by atoms with Crippen molar-refractivity contribution in [3.8, 4) is 0 Å². The number of anilines is 2. The van der Waals surface area contributed by atoms with Gasteiger partial charge < -0.3 is 15.4 Å². The summed E-state index contributed by atoms with van der Waals surface area (Å²) in [5.74, 6) is -0.142. The van der Waals surface area contributed by atoms with E-state index in [1.165, 1.54) is 6.92 Å². The van der Waals surface area contributed by atoms with E-state index in [4.69, 9.17) is 4.74 Å². The SMILES string of the molecule is CC(=O)Nc1cccc(C(=O)NC(=NC[C@@H]2CCCO2)Nc2ccccc2C)c1. The zero-order valence-corrected chi connectivity index (χ0v) is 16.7. The minimum Gasteiger partial charge on any atom is -0.376 e. The Morgan fingerprint density at radius 3 is 2.69 bits per heavy atom. The first-order valence-corrected chi connectivity index (χ1v) is 9.69. The normalized spacial score (nSPS) is 16.3. The van der Waals surface area contributed by atoms with E-state index in [2.05, 4.69) is 20.9 Å². The van der Waals surface area contributed by atoms with Crippen LogP contribution in [0.2, 0.25) is 0 Å². The minimum atomic E-state index is -0.315. The first kappa shape index (κ1) is 20.5. The zero-order valence-electron chi connectivity index (χ0n) is 16.7. The van der Waals surface area contributed by atoms with E-state index in [0.29, 0.717) is 23.8 Å². The van der Waals surface area contributed by atoms with E-state index in [1.807, 2.05) is 31.2 Å². The third kappa shape index (κ3) is 6.15. The van der Waals surface area contributed by atoms with Crippen LogP contribution >= 0.6 is 0 Å². The van der Waals surface area contributed by atoms with Gasteiger partial charge in [0.15, 0.2) is 0 Å². The number of hydrogen-bond donors (Lipinski definition) is 3. The second-order valence-electron chi connectivity index (χ2n) is 6.98. The predicted octanol–water partition coefficient (Wildman–Crippen LogP) is 3.33. The number of ether oxygens (including phenoxy) is 1. The first-order chi connectivity index (χ1) is 14.0. The highest BCUT2D eigenvalue weighted by atomic mass is 16.5. The molecule has 0 radical (unpaired) electrons. The molecule has 2 aromatic carbocycles. The molecule has 0 bridgehead atoms. The summed E-state index contributed by atoms with van der Waals surface area (Å²) in [7, 11) is 0. The first-order valence-electron chi connectivity index (χ1n) is 9.69. The van der Waals surface area contributed by atoms with E-state index < -0.39 is 0 Å². The van der Waals surface area contributed by atoms with Gasteiger partial charge in [0.25, 0.3) is 5.91 Å². The van der Waals surface area contributed by atoms with Crippen LogP contribution in [0, 0.1) is 6.92 Å². The summed E-state index contributed by atoms with van der Waals surface area (Å²) < 4.78 is 5.63. The van der Waals surface area contributed by atoms with Gasteiger partial charge >= 0.3 is 0 Å². The highest BCUT2D eigenvalue weighted by Gasteiger charge is 2.16. The number of amides is 2. The van der Waals surface area contributed by atoms with Crippen LogP contribution in [0.5, 0.6) is 0 Å². The van der Waals surface area contributed by atoms with Crippen molar-refractivity contribution in [1.29, 1.82) is 0 Å². The van der Waals surface area contributed by atoms with Crippen LogP contribution < -0.4 is 16.0 Å². The summed E-state index contributed by atoms with van der Waals surface area (Å²) in [5.41, 5.74) is 2.90. The molecule has 3 N–H and O–H groups in total. The Hall–Kier alpha value is -3.19. The fraction of sp³-hybridized carbons (Fsp3) is 0.318. The molecule has 1 saturated heterocycles. The van der Waals surface area contributed by atoms with Gasteiger partial charge in [-0.2, -0.15) is 0 Å². The van der Waals surface area contributed by atoms with Gasteiger partial charge in [0, 0.05) is 30.5 Å². The van der Waals surface area contributed by atoms with Gasteiger partial charge in [0.1, 0.15) is 0 Å². The van der Waals surface area contributed by atoms with E-state index in [0.717, 1.165) is 30.7 Å². The topological polar surface area (TPSA) is 91.8 Å². The lowest BCUT2D eigenvalue weighted by molar-refractivity contribution is -0.114. The number of para-hydroxylation sites is 1. The maximum absolute atomic E-state index is 12.8. The highest BCUT2D eigenvalue weighted by molar-refractivity contribution is 6.10. The standard InChI is InChI=1S/C22H26N4O3/c1-15-7-3-4-11-20(15)25-22(23-14-19-10-6-12-29-19)26-21(28)17-8-5-9-18(13-17)24-16(2)27/h3-5,7-9,11,13,19H,6,10,12,14H2,1-2H3,(H,24,27)(H2,23,25,26,28)/t19-/m0/s1. The maximum atomic E-state index is 12.8. The van der Waals surface area contributed by atoms with Crippen molar-refractivity contribution in [2.45, 2.75) is 32.8 Å². The second-order valence-corrected chi connectivity index (χ2v) is 6.98. The fourth-order valence-corrected chi connectivity index (χ4v) is 3.05. The van der Waals surface area contributed by atoms with Crippen molar-refractivity contribution in [3.05, 3.63) is 59.7 Å². The van der Waals surface area contributed by atoms with Crippen molar-refractivity contribution in [1.82, 2.24) is 5.32 Å². The lowest BCUT2D eigenvalue weighted by Crippen LogP contribution is -2.37. The number of benzene rings is 2. The minimum absolute atomic E-state index is 0.0728. The Balaban J connectivity index is 1.76. The zero-order chi connectivity index (χ0) is 20.6. The van der Waals surface area contributed by atoms with Crippen molar-refractivity contribution in [2.24, 2.45) is 4.99 Å².